The first-order valence-electron chi connectivity index (χ1n) is 11.3. The minimum absolute atomic E-state index is 0.170. The summed E-state index contributed by atoms with van der Waals surface area (Å²) in [6.45, 7) is 3.26. The van der Waals surface area contributed by atoms with Crippen molar-refractivity contribution < 1.29 is 28.7 Å². The molecule has 0 bridgehead atoms. The van der Waals surface area contributed by atoms with Crippen LogP contribution in [0, 0.1) is 0 Å². The average Bonchev–Trinajstić information content (AvgIpc) is 2.87. The molecule has 1 aliphatic rings. The first-order valence-corrected chi connectivity index (χ1v) is 11.3. The van der Waals surface area contributed by atoms with Crippen LogP contribution in [-0.4, -0.2) is 36.5 Å². The number of ether oxygens (including phenoxy) is 2. The van der Waals surface area contributed by atoms with E-state index < -0.39 is 23.8 Å². The lowest BCUT2D eigenvalue weighted by Gasteiger charge is -2.33. The van der Waals surface area contributed by atoms with E-state index in [2.05, 4.69) is 0 Å². The van der Waals surface area contributed by atoms with E-state index in [0.29, 0.717) is 22.7 Å². The van der Waals surface area contributed by atoms with Gasteiger partial charge in [0.1, 0.15) is 11.3 Å². The van der Waals surface area contributed by atoms with E-state index in [-0.39, 0.29) is 18.3 Å². The third-order valence-corrected chi connectivity index (χ3v) is 5.19. The molecule has 36 heavy (non-hydrogen) atoms. The number of urea groups is 1. The second-order valence-electron chi connectivity index (χ2n) is 8.19. The van der Waals surface area contributed by atoms with Crippen LogP contribution in [-0.2, 0) is 19.1 Å². The molecular weight excluding hydrogens is 460 g/mol. The summed E-state index contributed by atoms with van der Waals surface area (Å²) < 4.78 is 10.5. The van der Waals surface area contributed by atoms with E-state index in [1.807, 2.05) is 0 Å². The average molecular weight is 485 g/mol. The Hall–Kier alpha value is -4.72. The maximum absolute atomic E-state index is 13.4. The summed E-state index contributed by atoms with van der Waals surface area (Å²) in [4.78, 5) is 53.7. The fraction of sp³-hybridized carbons (Fsp3) is 0.143. The summed E-state index contributed by atoms with van der Waals surface area (Å²) in [6, 6.07) is 22.6. The van der Waals surface area contributed by atoms with Gasteiger partial charge in [0.2, 0.25) is 0 Å². The van der Waals surface area contributed by atoms with E-state index in [1.54, 1.807) is 98.8 Å². The van der Waals surface area contributed by atoms with Gasteiger partial charge in [0.05, 0.1) is 17.5 Å². The van der Waals surface area contributed by atoms with E-state index >= 15 is 0 Å². The quantitative estimate of drug-likeness (QED) is 0.276. The van der Waals surface area contributed by atoms with Crippen LogP contribution in [0.4, 0.5) is 16.2 Å². The molecule has 0 aromatic heterocycles. The Morgan fingerprint density at radius 2 is 1.28 bits per heavy atom. The lowest BCUT2D eigenvalue weighted by molar-refractivity contribution is -0.149. The van der Waals surface area contributed by atoms with Gasteiger partial charge >= 0.3 is 12.0 Å². The van der Waals surface area contributed by atoms with Crippen LogP contribution >= 0.6 is 0 Å². The molecule has 1 saturated heterocycles. The fourth-order valence-electron chi connectivity index (χ4n) is 3.61. The predicted molar refractivity (Wildman–Crippen MR) is 134 cm³/mol. The van der Waals surface area contributed by atoms with Crippen LogP contribution in [0.1, 0.15) is 19.4 Å². The zero-order valence-corrected chi connectivity index (χ0v) is 19.8. The first kappa shape index (κ1) is 24.4. The summed E-state index contributed by atoms with van der Waals surface area (Å²) in [7, 11) is 0. The monoisotopic (exact) mass is 484 g/mol. The number of nitrogens with zero attached hydrogens (tertiary/aromatic N) is 2. The molecule has 0 radical (unpaired) electrons. The van der Waals surface area contributed by atoms with Gasteiger partial charge in [-0.2, -0.15) is 0 Å². The topological polar surface area (TPSA) is 93.2 Å². The lowest BCUT2D eigenvalue weighted by Crippen LogP contribution is -2.57. The van der Waals surface area contributed by atoms with Crippen molar-refractivity contribution in [2.45, 2.75) is 20.0 Å². The van der Waals surface area contributed by atoms with Crippen LogP contribution in [0.2, 0.25) is 0 Å². The molecule has 0 atom stereocenters. The van der Waals surface area contributed by atoms with Crippen LogP contribution < -0.4 is 14.5 Å². The van der Waals surface area contributed by atoms with E-state index in [4.69, 9.17) is 9.47 Å². The van der Waals surface area contributed by atoms with Gasteiger partial charge in [0.15, 0.2) is 6.61 Å². The molecule has 0 spiro atoms. The molecule has 4 rings (SSSR count). The summed E-state index contributed by atoms with van der Waals surface area (Å²) in [5.41, 5.74) is 1.07. The number of carbonyl (C=O) groups excluding carboxylic acids is 4. The smallest absolute Gasteiger partial charge is 0.344 e. The highest BCUT2D eigenvalue weighted by molar-refractivity contribution is 6.46. The number of anilines is 2. The van der Waals surface area contributed by atoms with E-state index in [9.17, 15) is 19.2 Å². The van der Waals surface area contributed by atoms with Crippen LogP contribution in [0.5, 0.6) is 5.75 Å². The van der Waals surface area contributed by atoms with Crippen molar-refractivity contribution in [3.63, 3.8) is 0 Å². The number of amides is 4. The van der Waals surface area contributed by atoms with Crippen LogP contribution in [0.15, 0.2) is 90.5 Å². The minimum atomic E-state index is -0.753. The third kappa shape index (κ3) is 5.33. The molecule has 3 aromatic carbocycles. The summed E-state index contributed by atoms with van der Waals surface area (Å²) in [5.74, 6) is -1.51. The van der Waals surface area contributed by atoms with E-state index in [0.717, 1.165) is 9.80 Å². The number of hydrogen-bond acceptors (Lipinski definition) is 6. The zero-order chi connectivity index (χ0) is 25.7. The van der Waals surface area contributed by atoms with Gasteiger partial charge in [-0.25, -0.2) is 19.4 Å². The normalized spacial score (nSPS) is 13.8. The van der Waals surface area contributed by atoms with Crippen molar-refractivity contribution in [2.24, 2.45) is 0 Å². The highest BCUT2D eigenvalue weighted by atomic mass is 16.6. The molecule has 0 aliphatic carbocycles. The molecule has 4 amide bonds. The van der Waals surface area contributed by atoms with Crippen molar-refractivity contribution >= 4 is 41.3 Å². The zero-order valence-electron chi connectivity index (χ0n) is 19.8. The number of benzene rings is 3. The molecule has 182 valence electrons. The number of imide groups is 2. The maximum atomic E-state index is 13.4. The first-order chi connectivity index (χ1) is 17.3. The lowest BCUT2D eigenvalue weighted by atomic mass is 10.0. The summed E-state index contributed by atoms with van der Waals surface area (Å²) in [5, 5.41) is 0. The second kappa shape index (κ2) is 10.7. The maximum Gasteiger partial charge on any atom is 0.344 e. The van der Waals surface area contributed by atoms with Gasteiger partial charge in [0.25, 0.3) is 11.8 Å². The van der Waals surface area contributed by atoms with Gasteiger partial charge in [-0.15, -0.1) is 0 Å². The Kier molecular flexibility index (Phi) is 7.25. The Balaban J connectivity index is 1.64. The minimum Gasteiger partial charge on any atom is -0.482 e. The number of rotatable bonds is 7. The predicted octanol–water partition coefficient (Wildman–Crippen LogP) is 4.60. The molecule has 1 heterocycles. The summed E-state index contributed by atoms with van der Waals surface area (Å²) in [6.07, 6.45) is 1.19. The van der Waals surface area contributed by atoms with Crippen LogP contribution in [0.25, 0.3) is 6.08 Å². The molecule has 1 fully saturated rings. The van der Waals surface area contributed by atoms with E-state index in [1.165, 1.54) is 6.08 Å². The number of hydrogen-bond donors (Lipinski definition) is 0. The largest absolute Gasteiger partial charge is 0.482 e. The highest BCUT2D eigenvalue weighted by Crippen LogP contribution is 2.29. The SMILES string of the molecule is CC(C)OC(=O)COc1ccc(C=C2C(=O)N(c3ccccc3)C(=O)N(c3ccccc3)C2=O)cc1. The van der Waals surface area contributed by atoms with Crippen molar-refractivity contribution in [3.8, 4) is 5.75 Å². The number of barbiturate groups is 1. The molecule has 0 saturated carbocycles. The van der Waals surface area contributed by atoms with Gasteiger partial charge in [-0.05, 0) is 61.9 Å². The molecule has 0 N–H and O–H groups in total. The van der Waals surface area contributed by atoms with Crippen molar-refractivity contribution in [2.75, 3.05) is 16.4 Å². The molecule has 0 unspecified atom stereocenters. The fourth-order valence-corrected chi connectivity index (χ4v) is 3.61. The van der Waals surface area contributed by atoms with Gasteiger partial charge in [-0.3, -0.25) is 9.59 Å². The standard InChI is InChI=1S/C28H24N2O6/c1-19(2)36-25(31)18-35-23-15-13-20(14-16-23)17-24-26(32)29(21-9-5-3-6-10-21)28(34)30(27(24)33)22-11-7-4-8-12-22/h3-17,19H,18H2,1-2H3. The van der Waals surface area contributed by atoms with Crippen molar-refractivity contribution in [1.29, 1.82) is 0 Å². The third-order valence-electron chi connectivity index (χ3n) is 5.19. The number of para-hydroxylation sites is 2. The Morgan fingerprint density at radius 3 is 1.75 bits per heavy atom. The molecule has 3 aromatic rings. The molecule has 8 heteroatoms. The Bertz CT molecular complexity index is 1240. The molecular formula is C28H24N2O6. The number of esters is 1. The Labute approximate surface area is 208 Å². The van der Waals surface area contributed by atoms with Gasteiger partial charge in [-0.1, -0.05) is 48.5 Å². The van der Waals surface area contributed by atoms with Gasteiger partial charge in [0, 0.05) is 0 Å². The number of carbonyl (C=O) groups is 4. The Morgan fingerprint density at radius 1 is 0.778 bits per heavy atom. The second-order valence-corrected chi connectivity index (χ2v) is 8.19. The van der Waals surface area contributed by atoms with Crippen molar-refractivity contribution in [3.05, 3.63) is 96.1 Å². The van der Waals surface area contributed by atoms with Gasteiger partial charge < -0.3 is 9.47 Å². The molecule has 8 nitrogen and oxygen atoms in total. The molecule has 1 aliphatic heterocycles. The van der Waals surface area contributed by atoms with Crippen molar-refractivity contribution in [1.82, 2.24) is 0 Å². The summed E-state index contributed by atoms with van der Waals surface area (Å²) >= 11 is 0. The highest BCUT2D eigenvalue weighted by Gasteiger charge is 2.43. The van der Waals surface area contributed by atoms with Crippen LogP contribution in [0.3, 0.4) is 0 Å².